The van der Waals surface area contributed by atoms with Crippen LogP contribution in [0, 0.1) is 5.92 Å². The molecule has 0 radical (unpaired) electrons. The Morgan fingerprint density at radius 1 is 1.27 bits per heavy atom. The average molecular weight is 291 g/mol. The third kappa shape index (κ3) is 4.34. The minimum Gasteiger partial charge on any atom is -0.228 e. The van der Waals surface area contributed by atoms with Crippen LogP contribution in [0.4, 0.5) is 0 Å². The molecule has 4 heteroatoms. The van der Waals surface area contributed by atoms with Gasteiger partial charge in [-0.2, -0.15) is 0 Å². The Kier molecular flexibility index (Phi) is 4.34. The number of sulfone groups is 1. The van der Waals surface area contributed by atoms with Crippen molar-refractivity contribution in [1.29, 1.82) is 0 Å². The van der Waals surface area contributed by atoms with Crippen molar-refractivity contribution in [3.8, 4) is 0 Å². The lowest BCUT2D eigenvalue weighted by molar-refractivity contribution is 0.581. The Morgan fingerprint density at radius 2 is 1.87 bits per heavy atom. The highest BCUT2D eigenvalue weighted by Gasteiger charge is 2.15. The minimum absolute atomic E-state index is 0.118. The van der Waals surface area contributed by atoms with Crippen molar-refractivity contribution >= 4 is 25.8 Å². The second-order valence-corrected chi connectivity index (χ2v) is 7.00. The summed E-state index contributed by atoms with van der Waals surface area (Å²) in [6.45, 7) is 3.83. The van der Waals surface area contributed by atoms with Gasteiger partial charge in [0.25, 0.3) is 0 Å². The molecule has 0 saturated heterocycles. The largest absolute Gasteiger partial charge is 0.228 e. The van der Waals surface area contributed by atoms with Gasteiger partial charge < -0.3 is 0 Å². The Bertz CT molecular complexity index is 424. The number of hydrogen-bond acceptors (Lipinski definition) is 2. The fourth-order valence-electron chi connectivity index (χ4n) is 1.42. The van der Waals surface area contributed by atoms with Crippen LogP contribution >= 0.6 is 15.9 Å². The zero-order valence-corrected chi connectivity index (χ0v) is 11.3. The van der Waals surface area contributed by atoms with Crippen LogP contribution in [0.2, 0.25) is 0 Å². The number of halogens is 1. The number of hydrogen-bond donors (Lipinski definition) is 0. The van der Waals surface area contributed by atoms with Crippen molar-refractivity contribution in [1.82, 2.24) is 0 Å². The first-order valence-corrected chi connectivity index (χ1v) is 7.46. The summed E-state index contributed by atoms with van der Waals surface area (Å²) in [5, 5.41) is 0. The van der Waals surface area contributed by atoms with Gasteiger partial charge in [-0.05, 0) is 17.5 Å². The molecule has 1 aromatic rings. The fraction of sp³-hybridized carbons (Fsp3) is 0.455. The second-order valence-electron chi connectivity index (χ2n) is 4.04. The van der Waals surface area contributed by atoms with Crippen LogP contribution in [0.25, 0.3) is 0 Å². The van der Waals surface area contributed by atoms with Crippen molar-refractivity contribution in [2.45, 2.75) is 19.6 Å². The molecule has 0 aromatic heterocycles. The summed E-state index contributed by atoms with van der Waals surface area (Å²) in [5.41, 5.74) is 0.832. The molecule has 1 rings (SSSR count). The Labute approximate surface area is 99.7 Å². The van der Waals surface area contributed by atoms with Crippen LogP contribution in [-0.2, 0) is 15.6 Å². The van der Waals surface area contributed by atoms with Crippen molar-refractivity contribution in [3.05, 3.63) is 34.3 Å². The summed E-state index contributed by atoms with van der Waals surface area (Å²) in [4.78, 5) is 0. The Morgan fingerprint density at radius 3 is 2.40 bits per heavy atom. The molecule has 0 heterocycles. The van der Waals surface area contributed by atoms with Gasteiger partial charge in [-0.25, -0.2) is 8.42 Å². The van der Waals surface area contributed by atoms with E-state index >= 15 is 0 Å². The topological polar surface area (TPSA) is 34.1 Å². The molecule has 0 aliphatic heterocycles. The van der Waals surface area contributed by atoms with E-state index in [-0.39, 0.29) is 17.4 Å². The van der Waals surface area contributed by atoms with E-state index in [9.17, 15) is 8.42 Å². The van der Waals surface area contributed by atoms with Crippen molar-refractivity contribution in [2.24, 2.45) is 5.92 Å². The van der Waals surface area contributed by atoms with Gasteiger partial charge in [0.15, 0.2) is 9.84 Å². The van der Waals surface area contributed by atoms with E-state index in [1.807, 2.05) is 38.1 Å². The summed E-state index contributed by atoms with van der Waals surface area (Å²) >= 11 is 3.35. The fourth-order valence-corrected chi connectivity index (χ4v) is 3.89. The Hall–Kier alpha value is -0.350. The molecule has 0 saturated carbocycles. The molecule has 0 aliphatic carbocycles. The monoisotopic (exact) mass is 290 g/mol. The van der Waals surface area contributed by atoms with E-state index < -0.39 is 9.84 Å². The summed E-state index contributed by atoms with van der Waals surface area (Å²) in [5.74, 6) is 0.540. The zero-order chi connectivity index (χ0) is 11.5. The normalized spacial score (nSPS) is 12.0. The van der Waals surface area contributed by atoms with Gasteiger partial charge in [-0.1, -0.05) is 48.0 Å². The summed E-state index contributed by atoms with van der Waals surface area (Å²) in [7, 11) is -2.99. The molecule has 0 bridgehead atoms. The molecule has 0 amide bonds. The molecule has 2 nitrogen and oxygen atoms in total. The molecule has 15 heavy (non-hydrogen) atoms. The summed E-state index contributed by atoms with van der Waals surface area (Å²) in [6.07, 6.45) is 0. The average Bonchev–Trinajstić information content (AvgIpc) is 2.06. The van der Waals surface area contributed by atoms with Gasteiger partial charge in [0, 0.05) is 4.47 Å². The van der Waals surface area contributed by atoms with Crippen LogP contribution in [0.1, 0.15) is 19.4 Å². The molecule has 0 unspecified atom stereocenters. The lowest BCUT2D eigenvalue weighted by Gasteiger charge is -2.08. The summed E-state index contributed by atoms with van der Waals surface area (Å²) in [6, 6.07) is 7.43. The Balaban J connectivity index is 2.83. The van der Waals surface area contributed by atoms with Gasteiger partial charge in [-0.3, -0.25) is 0 Å². The van der Waals surface area contributed by atoms with Crippen LogP contribution in [0.15, 0.2) is 28.7 Å². The van der Waals surface area contributed by atoms with E-state index in [0.717, 1.165) is 10.0 Å². The van der Waals surface area contributed by atoms with Gasteiger partial charge in [0.2, 0.25) is 0 Å². The quantitative estimate of drug-likeness (QED) is 0.854. The lowest BCUT2D eigenvalue weighted by atomic mass is 10.2. The first-order valence-electron chi connectivity index (χ1n) is 4.84. The van der Waals surface area contributed by atoms with Gasteiger partial charge >= 0.3 is 0 Å². The molecule has 0 atom stereocenters. The van der Waals surface area contributed by atoms with E-state index in [1.54, 1.807) is 0 Å². The zero-order valence-electron chi connectivity index (χ0n) is 8.90. The maximum Gasteiger partial charge on any atom is 0.154 e. The highest BCUT2D eigenvalue weighted by molar-refractivity contribution is 9.10. The van der Waals surface area contributed by atoms with Gasteiger partial charge in [0.1, 0.15) is 0 Å². The molecular weight excluding hydrogens is 276 g/mol. The second kappa shape index (κ2) is 5.12. The molecule has 0 spiro atoms. The molecule has 0 aliphatic rings. The van der Waals surface area contributed by atoms with Gasteiger partial charge in [0.05, 0.1) is 11.5 Å². The predicted molar refractivity (Wildman–Crippen MR) is 66.5 cm³/mol. The van der Waals surface area contributed by atoms with Crippen LogP contribution in [-0.4, -0.2) is 14.2 Å². The highest BCUT2D eigenvalue weighted by Crippen LogP contribution is 2.19. The smallest absolute Gasteiger partial charge is 0.154 e. The lowest BCUT2D eigenvalue weighted by Crippen LogP contribution is -2.14. The molecule has 0 N–H and O–H groups in total. The van der Waals surface area contributed by atoms with Gasteiger partial charge in [-0.15, -0.1) is 0 Å². The van der Waals surface area contributed by atoms with Crippen LogP contribution < -0.4 is 0 Å². The SMILES string of the molecule is CC(C)CS(=O)(=O)Cc1ccccc1Br. The maximum absolute atomic E-state index is 11.7. The molecule has 0 fully saturated rings. The molecule has 1 aromatic carbocycles. The molecular formula is C11H15BrO2S. The number of rotatable bonds is 4. The first-order chi connectivity index (χ1) is 6.91. The highest BCUT2D eigenvalue weighted by atomic mass is 79.9. The van der Waals surface area contributed by atoms with Crippen molar-refractivity contribution in [2.75, 3.05) is 5.75 Å². The van der Waals surface area contributed by atoms with Crippen molar-refractivity contribution in [3.63, 3.8) is 0 Å². The standard InChI is InChI=1S/C11H15BrO2S/c1-9(2)7-15(13,14)8-10-5-3-4-6-11(10)12/h3-6,9H,7-8H2,1-2H3. The van der Waals surface area contributed by atoms with E-state index in [2.05, 4.69) is 15.9 Å². The van der Waals surface area contributed by atoms with Crippen molar-refractivity contribution < 1.29 is 8.42 Å². The first kappa shape index (κ1) is 12.7. The third-order valence-electron chi connectivity index (χ3n) is 1.92. The van der Waals surface area contributed by atoms with Crippen LogP contribution in [0.5, 0.6) is 0 Å². The van der Waals surface area contributed by atoms with E-state index in [4.69, 9.17) is 0 Å². The van der Waals surface area contributed by atoms with E-state index in [1.165, 1.54) is 0 Å². The minimum atomic E-state index is -2.99. The maximum atomic E-state index is 11.7. The number of benzene rings is 1. The van der Waals surface area contributed by atoms with E-state index in [0.29, 0.717) is 0 Å². The summed E-state index contributed by atoms with van der Waals surface area (Å²) < 4.78 is 24.3. The van der Waals surface area contributed by atoms with Crippen LogP contribution in [0.3, 0.4) is 0 Å². The molecule has 84 valence electrons. The predicted octanol–water partition coefficient (Wildman–Crippen LogP) is 3.02. The third-order valence-corrected chi connectivity index (χ3v) is 4.62.